The highest BCUT2D eigenvalue weighted by Crippen LogP contribution is 2.25. The van der Waals surface area contributed by atoms with Gasteiger partial charge in [-0.15, -0.1) is 0 Å². The maximum Gasteiger partial charge on any atom is 0.243 e. The van der Waals surface area contributed by atoms with Crippen molar-refractivity contribution in [2.24, 2.45) is 0 Å². The van der Waals surface area contributed by atoms with E-state index in [1.807, 2.05) is 0 Å². The molecule has 1 aliphatic heterocycles. The van der Waals surface area contributed by atoms with E-state index in [-0.39, 0.29) is 9.79 Å². The van der Waals surface area contributed by atoms with Gasteiger partial charge in [-0.3, -0.25) is 0 Å². The Bertz CT molecular complexity index is 1280. The molecule has 0 amide bonds. The zero-order valence-electron chi connectivity index (χ0n) is 16.4. The van der Waals surface area contributed by atoms with Crippen LogP contribution in [0.15, 0.2) is 58.3 Å². The number of rotatable bonds is 8. The number of benzene rings is 2. The van der Waals surface area contributed by atoms with E-state index >= 15 is 0 Å². The minimum Gasteiger partial charge on any atom is -0.390 e. The van der Waals surface area contributed by atoms with Gasteiger partial charge in [0.05, 0.1) is 33.4 Å². The highest BCUT2D eigenvalue weighted by atomic mass is 32.2. The maximum atomic E-state index is 13.2. The third kappa shape index (κ3) is 5.50. The number of hydrogen-bond donors (Lipinski definition) is 2. The molecule has 2 atom stereocenters. The van der Waals surface area contributed by atoms with Crippen molar-refractivity contribution < 1.29 is 39.1 Å². The molecule has 14 heteroatoms. The van der Waals surface area contributed by atoms with Gasteiger partial charge >= 0.3 is 0 Å². The van der Waals surface area contributed by atoms with E-state index in [2.05, 4.69) is 4.72 Å². The highest BCUT2D eigenvalue weighted by molar-refractivity contribution is 7.92. The summed E-state index contributed by atoms with van der Waals surface area (Å²) in [5, 5.41) is 10.2. The van der Waals surface area contributed by atoms with Crippen LogP contribution in [0.25, 0.3) is 0 Å². The molecule has 0 bridgehead atoms. The molecular formula is C18H20F2N2O7S3. The van der Waals surface area contributed by atoms with Crippen LogP contribution in [0.2, 0.25) is 0 Å². The summed E-state index contributed by atoms with van der Waals surface area (Å²) in [6.45, 7) is -0.985. The van der Waals surface area contributed by atoms with Gasteiger partial charge in [-0.2, -0.15) is 4.31 Å². The number of sulfonamides is 2. The van der Waals surface area contributed by atoms with Crippen LogP contribution in [0.5, 0.6) is 0 Å². The summed E-state index contributed by atoms with van der Waals surface area (Å²) in [7, 11) is -12.3. The van der Waals surface area contributed by atoms with Gasteiger partial charge in [0, 0.05) is 13.1 Å². The zero-order valence-corrected chi connectivity index (χ0v) is 18.9. The van der Waals surface area contributed by atoms with Crippen molar-refractivity contribution in [2.75, 3.05) is 24.6 Å². The van der Waals surface area contributed by atoms with Crippen LogP contribution >= 0.6 is 0 Å². The van der Waals surface area contributed by atoms with Gasteiger partial charge in [-0.1, -0.05) is 0 Å². The number of sulfone groups is 1. The van der Waals surface area contributed by atoms with Crippen LogP contribution in [0.4, 0.5) is 8.78 Å². The van der Waals surface area contributed by atoms with Crippen LogP contribution in [0, 0.1) is 11.6 Å². The van der Waals surface area contributed by atoms with Gasteiger partial charge in [0.25, 0.3) is 0 Å². The zero-order chi connectivity index (χ0) is 23.7. The Kier molecular flexibility index (Phi) is 7.02. The lowest BCUT2D eigenvalue weighted by atomic mass is 10.2. The molecule has 0 aliphatic carbocycles. The predicted molar refractivity (Wildman–Crippen MR) is 110 cm³/mol. The van der Waals surface area contributed by atoms with Crippen LogP contribution in [0.3, 0.4) is 0 Å². The van der Waals surface area contributed by atoms with E-state index in [0.29, 0.717) is 4.31 Å². The molecule has 1 heterocycles. The van der Waals surface area contributed by atoms with E-state index in [4.69, 9.17) is 0 Å². The number of nitrogens with one attached hydrogen (secondary N) is 1. The van der Waals surface area contributed by atoms with Crippen LogP contribution in [-0.2, 0) is 29.9 Å². The van der Waals surface area contributed by atoms with Crippen molar-refractivity contribution in [1.82, 2.24) is 9.03 Å². The lowest BCUT2D eigenvalue weighted by molar-refractivity contribution is 0.128. The monoisotopic (exact) mass is 510 g/mol. The third-order valence-corrected chi connectivity index (χ3v) is 9.95. The molecule has 32 heavy (non-hydrogen) atoms. The van der Waals surface area contributed by atoms with Crippen molar-refractivity contribution in [3.8, 4) is 0 Å². The predicted octanol–water partition coefficient (Wildman–Crippen LogP) is 0.0919. The van der Waals surface area contributed by atoms with E-state index in [0.717, 1.165) is 48.5 Å². The first-order chi connectivity index (χ1) is 14.8. The summed E-state index contributed by atoms with van der Waals surface area (Å²) in [6.07, 6.45) is -1.52. The molecule has 0 saturated carbocycles. The second-order valence-electron chi connectivity index (χ2n) is 7.13. The smallest absolute Gasteiger partial charge is 0.243 e. The van der Waals surface area contributed by atoms with Gasteiger partial charge in [-0.25, -0.2) is 38.8 Å². The van der Waals surface area contributed by atoms with E-state index in [1.165, 1.54) is 0 Å². The maximum absolute atomic E-state index is 13.2. The molecule has 0 spiro atoms. The average Bonchev–Trinajstić information content (AvgIpc) is 2.97. The Morgan fingerprint density at radius 1 is 0.906 bits per heavy atom. The first-order valence-electron chi connectivity index (χ1n) is 9.23. The average molecular weight is 511 g/mol. The lowest BCUT2D eigenvalue weighted by Crippen LogP contribution is -2.49. The normalized spacial score (nSPS) is 21.1. The summed E-state index contributed by atoms with van der Waals surface area (Å²) in [6, 6.07) is 6.36. The van der Waals surface area contributed by atoms with Crippen molar-refractivity contribution in [1.29, 1.82) is 0 Å². The van der Waals surface area contributed by atoms with Crippen molar-refractivity contribution in [2.45, 2.75) is 21.9 Å². The standard InChI is InChI=1S/C18H20F2N2O7S3/c19-13-1-5-15(6-2-13)31(26,27)21-9-10-22(17-11-30(24,25)12-18(17)23)32(28,29)16-7-3-14(20)4-8-16/h1-8,17-18,21,23H,9-12H2/t17-,18+/m1/s1. The largest absolute Gasteiger partial charge is 0.390 e. The first kappa shape index (κ1) is 24.7. The molecule has 0 radical (unpaired) electrons. The van der Waals surface area contributed by atoms with Crippen molar-refractivity contribution in [3.05, 3.63) is 60.2 Å². The number of aliphatic hydroxyl groups is 1. The molecule has 2 aromatic rings. The van der Waals surface area contributed by atoms with E-state index < -0.39 is 78.3 Å². The van der Waals surface area contributed by atoms with Gasteiger partial charge in [0.15, 0.2) is 9.84 Å². The molecular weight excluding hydrogens is 490 g/mol. The molecule has 1 saturated heterocycles. The number of nitrogens with zero attached hydrogens (tertiary/aromatic N) is 1. The Balaban J connectivity index is 1.86. The summed E-state index contributed by atoms with van der Waals surface area (Å²) in [4.78, 5) is -0.605. The Morgan fingerprint density at radius 2 is 1.41 bits per heavy atom. The molecule has 3 rings (SSSR count). The fourth-order valence-electron chi connectivity index (χ4n) is 3.28. The molecule has 176 valence electrons. The second-order valence-corrected chi connectivity index (χ2v) is 12.9. The van der Waals surface area contributed by atoms with Gasteiger partial charge in [-0.05, 0) is 48.5 Å². The fourth-order valence-corrected chi connectivity index (χ4v) is 7.85. The summed E-state index contributed by atoms with van der Waals surface area (Å²) < 4.78 is 104. The minimum absolute atomic E-state index is 0.254. The first-order valence-corrected chi connectivity index (χ1v) is 14.0. The molecule has 0 aromatic heterocycles. The number of hydrogen-bond acceptors (Lipinski definition) is 7. The molecule has 9 nitrogen and oxygen atoms in total. The number of halogens is 2. The second kappa shape index (κ2) is 9.11. The van der Waals surface area contributed by atoms with Crippen LogP contribution < -0.4 is 4.72 Å². The molecule has 1 fully saturated rings. The highest BCUT2D eigenvalue weighted by Gasteiger charge is 2.44. The van der Waals surface area contributed by atoms with Gasteiger partial charge in [0.1, 0.15) is 11.6 Å². The SMILES string of the molecule is O=S1(=O)C[C@@H](N(CCNS(=O)(=O)c2ccc(F)cc2)S(=O)(=O)c2ccc(F)cc2)[C@@H](O)C1. The Labute approximate surface area is 184 Å². The van der Waals surface area contributed by atoms with Gasteiger partial charge < -0.3 is 5.11 Å². The molecule has 2 aromatic carbocycles. The van der Waals surface area contributed by atoms with Gasteiger partial charge in [0.2, 0.25) is 20.0 Å². The van der Waals surface area contributed by atoms with Crippen LogP contribution in [0.1, 0.15) is 0 Å². The Hall–Kier alpha value is -1.97. The lowest BCUT2D eigenvalue weighted by Gasteiger charge is -2.29. The van der Waals surface area contributed by atoms with E-state index in [9.17, 15) is 39.1 Å². The summed E-state index contributed by atoms with van der Waals surface area (Å²) in [5.74, 6) is -2.63. The Morgan fingerprint density at radius 3 is 1.88 bits per heavy atom. The van der Waals surface area contributed by atoms with E-state index in [1.54, 1.807) is 0 Å². The molecule has 2 N–H and O–H groups in total. The molecule has 0 unspecified atom stereocenters. The summed E-state index contributed by atoms with van der Waals surface area (Å²) >= 11 is 0. The fraction of sp³-hybridized carbons (Fsp3) is 0.333. The van der Waals surface area contributed by atoms with Crippen molar-refractivity contribution in [3.63, 3.8) is 0 Å². The quantitative estimate of drug-likeness (QED) is 0.513. The minimum atomic E-state index is -4.41. The number of aliphatic hydroxyl groups excluding tert-OH is 1. The topological polar surface area (TPSA) is 138 Å². The summed E-state index contributed by atoms with van der Waals surface area (Å²) in [5.41, 5.74) is 0. The van der Waals surface area contributed by atoms with Crippen LogP contribution in [-0.4, -0.2) is 71.4 Å². The third-order valence-electron chi connectivity index (χ3n) is 4.83. The van der Waals surface area contributed by atoms with Crippen molar-refractivity contribution >= 4 is 29.9 Å². The molecule has 1 aliphatic rings.